The van der Waals surface area contributed by atoms with Crippen LogP contribution in [0.2, 0.25) is 0 Å². The zero-order chi connectivity index (χ0) is 9.84. The molecule has 1 rings (SSSR count). The van der Waals surface area contributed by atoms with Crippen molar-refractivity contribution in [3.63, 3.8) is 0 Å². The third-order valence-electron chi connectivity index (χ3n) is 1.71. The van der Waals surface area contributed by atoms with E-state index in [0.29, 0.717) is 12.1 Å². The first-order valence-electron chi connectivity index (χ1n) is 4.03. The summed E-state index contributed by atoms with van der Waals surface area (Å²) in [4.78, 5) is 3.71. The molecule has 0 saturated carbocycles. The standard InChI is InChI=1S/C9H12F2N2/c1-6-3-7(5-12-2)8(9(10)11)13-4-6/h3-4,9,12H,5H2,1-2H3. The Hall–Kier alpha value is -1.03. The van der Waals surface area contributed by atoms with Crippen molar-refractivity contribution >= 4 is 0 Å². The van der Waals surface area contributed by atoms with Crippen LogP contribution in [0, 0.1) is 6.92 Å². The van der Waals surface area contributed by atoms with Gasteiger partial charge in [-0.25, -0.2) is 8.78 Å². The minimum atomic E-state index is -2.50. The molecule has 13 heavy (non-hydrogen) atoms. The molecule has 0 fully saturated rings. The number of alkyl halides is 2. The quantitative estimate of drug-likeness (QED) is 0.781. The summed E-state index contributed by atoms with van der Waals surface area (Å²) in [6.45, 7) is 2.26. The molecule has 0 amide bonds. The summed E-state index contributed by atoms with van der Waals surface area (Å²) in [6.07, 6.45) is -1.04. The maximum Gasteiger partial charge on any atom is 0.280 e. The van der Waals surface area contributed by atoms with Gasteiger partial charge in [-0.1, -0.05) is 6.07 Å². The van der Waals surface area contributed by atoms with Gasteiger partial charge in [0.2, 0.25) is 0 Å². The lowest BCUT2D eigenvalue weighted by molar-refractivity contribution is 0.144. The Labute approximate surface area is 76.0 Å². The average Bonchev–Trinajstić information content (AvgIpc) is 2.04. The highest BCUT2D eigenvalue weighted by Gasteiger charge is 2.13. The van der Waals surface area contributed by atoms with E-state index in [1.807, 2.05) is 6.92 Å². The molecule has 2 nitrogen and oxygen atoms in total. The fourth-order valence-corrected chi connectivity index (χ4v) is 1.17. The van der Waals surface area contributed by atoms with Crippen molar-refractivity contribution in [3.05, 3.63) is 29.1 Å². The van der Waals surface area contributed by atoms with Crippen LogP contribution in [0.3, 0.4) is 0 Å². The predicted octanol–water partition coefficient (Wildman–Crippen LogP) is 2.05. The summed E-state index contributed by atoms with van der Waals surface area (Å²) in [5.41, 5.74) is 1.34. The van der Waals surface area contributed by atoms with Crippen LogP contribution in [0.15, 0.2) is 12.3 Å². The van der Waals surface area contributed by atoms with Crippen LogP contribution < -0.4 is 5.32 Å². The molecule has 0 aliphatic heterocycles. The molecule has 1 aromatic heterocycles. The summed E-state index contributed by atoms with van der Waals surface area (Å²) in [5.74, 6) is 0. The summed E-state index contributed by atoms with van der Waals surface area (Å²) in [6, 6.07) is 1.73. The van der Waals surface area contributed by atoms with E-state index in [0.717, 1.165) is 5.56 Å². The van der Waals surface area contributed by atoms with E-state index in [1.54, 1.807) is 13.1 Å². The molecule has 0 atom stereocenters. The van der Waals surface area contributed by atoms with Gasteiger partial charge >= 0.3 is 0 Å². The van der Waals surface area contributed by atoms with Gasteiger partial charge in [0.05, 0.1) is 0 Å². The highest BCUT2D eigenvalue weighted by Crippen LogP contribution is 2.20. The second kappa shape index (κ2) is 4.28. The predicted molar refractivity (Wildman–Crippen MR) is 46.7 cm³/mol. The lowest BCUT2D eigenvalue weighted by Gasteiger charge is -2.07. The topological polar surface area (TPSA) is 24.9 Å². The molecule has 0 aromatic carbocycles. The molecule has 0 saturated heterocycles. The Morgan fingerprint density at radius 1 is 1.54 bits per heavy atom. The van der Waals surface area contributed by atoms with Gasteiger partial charge in [-0.15, -0.1) is 0 Å². The molecular formula is C9H12F2N2. The molecule has 72 valence electrons. The van der Waals surface area contributed by atoms with E-state index in [4.69, 9.17) is 0 Å². The van der Waals surface area contributed by atoms with E-state index in [-0.39, 0.29) is 5.69 Å². The number of halogens is 2. The number of aryl methyl sites for hydroxylation is 1. The summed E-state index contributed by atoms with van der Waals surface area (Å²) in [5, 5.41) is 2.83. The van der Waals surface area contributed by atoms with Crippen molar-refractivity contribution in [2.75, 3.05) is 7.05 Å². The summed E-state index contributed by atoms with van der Waals surface area (Å²) in [7, 11) is 1.72. The molecule has 1 heterocycles. The zero-order valence-corrected chi connectivity index (χ0v) is 7.64. The Bertz CT molecular complexity index is 287. The number of nitrogens with zero attached hydrogens (tertiary/aromatic N) is 1. The Morgan fingerprint density at radius 3 is 2.77 bits per heavy atom. The number of rotatable bonds is 3. The molecule has 4 heteroatoms. The third kappa shape index (κ3) is 2.45. The first-order chi connectivity index (χ1) is 6.15. The van der Waals surface area contributed by atoms with E-state index in [1.165, 1.54) is 6.20 Å². The van der Waals surface area contributed by atoms with Crippen LogP contribution in [0.5, 0.6) is 0 Å². The van der Waals surface area contributed by atoms with Crippen molar-refractivity contribution in [3.8, 4) is 0 Å². The molecule has 0 bridgehead atoms. The highest BCUT2D eigenvalue weighted by molar-refractivity contribution is 5.25. The van der Waals surface area contributed by atoms with Crippen LogP contribution in [0.25, 0.3) is 0 Å². The van der Waals surface area contributed by atoms with Crippen molar-refractivity contribution < 1.29 is 8.78 Å². The fraction of sp³-hybridized carbons (Fsp3) is 0.444. The minimum Gasteiger partial charge on any atom is -0.316 e. The molecule has 1 N–H and O–H groups in total. The SMILES string of the molecule is CNCc1cc(C)cnc1C(F)F. The maximum absolute atomic E-state index is 12.4. The number of nitrogens with one attached hydrogen (secondary N) is 1. The summed E-state index contributed by atoms with van der Waals surface area (Å²) >= 11 is 0. The fourth-order valence-electron chi connectivity index (χ4n) is 1.17. The Morgan fingerprint density at radius 2 is 2.23 bits per heavy atom. The van der Waals surface area contributed by atoms with Crippen molar-refractivity contribution in [2.24, 2.45) is 0 Å². The van der Waals surface area contributed by atoms with Crippen molar-refractivity contribution in [2.45, 2.75) is 19.9 Å². The van der Waals surface area contributed by atoms with Crippen molar-refractivity contribution in [1.29, 1.82) is 0 Å². The lowest BCUT2D eigenvalue weighted by atomic mass is 10.1. The number of hydrogen-bond acceptors (Lipinski definition) is 2. The minimum absolute atomic E-state index is 0.125. The Balaban J connectivity index is 3.03. The summed E-state index contributed by atoms with van der Waals surface area (Å²) < 4.78 is 24.8. The van der Waals surface area contributed by atoms with Gasteiger partial charge in [0, 0.05) is 12.7 Å². The van der Waals surface area contributed by atoms with Gasteiger partial charge in [0.25, 0.3) is 6.43 Å². The van der Waals surface area contributed by atoms with Crippen LogP contribution in [0.1, 0.15) is 23.2 Å². The van der Waals surface area contributed by atoms with Gasteiger partial charge in [0.1, 0.15) is 5.69 Å². The van der Waals surface area contributed by atoms with Crippen LogP contribution in [-0.2, 0) is 6.54 Å². The van der Waals surface area contributed by atoms with Gasteiger partial charge in [-0.3, -0.25) is 4.98 Å². The van der Waals surface area contributed by atoms with Gasteiger partial charge in [-0.2, -0.15) is 0 Å². The van der Waals surface area contributed by atoms with E-state index in [9.17, 15) is 8.78 Å². The van der Waals surface area contributed by atoms with Gasteiger partial charge in [-0.05, 0) is 25.1 Å². The molecule has 0 aliphatic carbocycles. The molecular weight excluding hydrogens is 174 g/mol. The molecule has 0 radical (unpaired) electrons. The van der Waals surface area contributed by atoms with Gasteiger partial charge < -0.3 is 5.32 Å². The van der Waals surface area contributed by atoms with E-state index in [2.05, 4.69) is 10.3 Å². The second-order valence-electron chi connectivity index (χ2n) is 2.89. The average molecular weight is 186 g/mol. The van der Waals surface area contributed by atoms with Gasteiger partial charge in [0.15, 0.2) is 0 Å². The zero-order valence-electron chi connectivity index (χ0n) is 7.64. The first kappa shape index (κ1) is 10.1. The normalized spacial score (nSPS) is 10.8. The monoisotopic (exact) mass is 186 g/mol. The molecule has 0 unspecified atom stereocenters. The third-order valence-corrected chi connectivity index (χ3v) is 1.71. The van der Waals surface area contributed by atoms with Crippen molar-refractivity contribution in [1.82, 2.24) is 10.3 Å². The second-order valence-corrected chi connectivity index (χ2v) is 2.89. The van der Waals surface area contributed by atoms with Crippen LogP contribution in [-0.4, -0.2) is 12.0 Å². The van der Waals surface area contributed by atoms with Crippen LogP contribution >= 0.6 is 0 Å². The number of aromatic nitrogens is 1. The lowest BCUT2D eigenvalue weighted by Crippen LogP contribution is -2.09. The maximum atomic E-state index is 12.4. The number of hydrogen-bond donors (Lipinski definition) is 1. The van der Waals surface area contributed by atoms with E-state index >= 15 is 0 Å². The first-order valence-corrected chi connectivity index (χ1v) is 4.03. The van der Waals surface area contributed by atoms with E-state index < -0.39 is 6.43 Å². The smallest absolute Gasteiger partial charge is 0.280 e. The molecule has 0 aliphatic rings. The number of pyridine rings is 1. The Kier molecular flexibility index (Phi) is 3.31. The van der Waals surface area contributed by atoms with Crippen LogP contribution in [0.4, 0.5) is 8.78 Å². The largest absolute Gasteiger partial charge is 0.316 e. The molecule has 1 aromatic rings. The highest BCUT2D eigenvalue weighted by atomic mass is 19.3. The molecule has 0 spiro atoms.